The summed E-state index contributed by atoms with van der Waals surface area (Å²) in [7, 11) is 0. The van der Waals surface area contributed by atoms with Crippen LogP contribution in [-0.2, 0) is 4.79 Å². The Morgan fingerprint density at radius 3 is 2.78 bits per heavy atom. The molecule has 0 radical (unpaired) electrons. The number of hydrogen-bond acceptors (Lipinski definition) is 7. The Hall–Kier alpha value is -4.01. The van der Waals surface area contributed by atoms with Crippen LogP contribution < -0.4 is 10.2 Å². The highest BCUT2D eigenvalue weighted by molar-refractivity contribution is 5.83. The molecule has 3 aromatic rings. The lowest BCUT2D eigenvalue weighted by Gasteiger charge is -2.09. The van der Waals surface area contributed by atoms with Crippen LogP contribution in [0.1, 0.15) is 5.56 Å². The number of ether oxygens (including phenoxy) is 1. The molecule has 0 aliphatic heterocycles. The van der Waals surface area contributed by atoms with E-state index in [4.69, 9.17) is 9.26 Å². The van der Waals surface area contributed by atoms with E-state index >= 15 is 0 Å². The van der Waals surface area contributed by atoms with E-state index in [0.29, 0.717) is 5.56 Å². The highest BCUT2D eigenvalue weighted by Crippen LogP contribution is 2.33. The van der Waals surface area contributed by atoms with Crippen LogP contribution in [0, 0.1) is 10.1 Å². The lowest BCUT2D eigenvalue weighted by atomic mass is 10.1. The summed E-state index contributed by atoms with van der Waals surface area (Å²) >= 11 is 0. The molecule has 136 valence electrons. The first-order valence-corrected chi connectivity index (χ1v) is 7.83. The third kappa shape index (κ3) is 4.75. The summed E-state index contributed by atoms with van der Waals surface area (Å²) in [6.45, 7) is -0.328. The molecule has 0 spiro atoms. The number of carbonyl (C=O) groups excluding carboxylic acids is 1. The van der Waals surface area contributed by atoms with Crippen LogP contribution in [0.5, 0.6) is 5.75 Å². The molecule has 9 nitrogen and oxygen atoms in total. The fraction of sp³-hybridized carbons (Fsp3) is 0.0556. The highest BCUT2D eigenvalue weighted by Gasteiger charge is 2.16. The zero-order valence-electron chi connectivity index (χ0n) is 13.9. The summed E-state index contributed by atoms with van der Waals surface area (Å²) < 4.78 is 10.5. The first-order valence-electron chi connectivity index (χ1n) is 7.83. The second-order valence-electron chi connectivity index (χ2n) is 5.31. The quantitative estimate of drug-likeness (QED) is 0.390. The number of hydrogen-bond donors (Lipinski definition) is 1. The summed E-state index contributed by atoms with van der Waals surface area (Å²) in [5, 5.41) is 18.4. The van der Waals surface area contributed by atoms with E-state index in [1.54, 1.807) is 0 Å². The Morgan fingerprint density at radius 2 is 2.07 bits per heavy atom. The lowest BCUT2D eigenvalue weighted by Crippen LogP contribution is -2.24. The van der Waals surface area contributed by atoms with E-state index in [1.807, 2.05) is 30.3 Å². The predicted molar refractivity (Wildman–Crippen MR) is 96.3 cm³/mol. The average molecular weight is 366 g/mol. The predicted octanol–water partition coefficient (Wildman–Crippen LogP) is 2.78. The molecule has 0 saturated heterocycles. The zero-order valence-corrected chi connectivity index (χ0v) is 13.9. The Morgan fingerprint density at radius 1 is 1.26 bits per heavy atom. The van der Waals surface area contributed by atoms with Gasteiger partial charge in [0, 0.05) is 18.2 Å². The van der Waals surface area contributed by atoms with Crippen molar-refractivity contribution in [3.05, 3.63) is 76.5 Å². The smallest absolute Gasteiger partial charge is 0.277 e. The second-order valence-corrected chi connectivity index (χ2v) is 5.31. The molecule has 9 heteroatoms. The number of nitro groups is 1. The largest absolute Gasteiger partial charge is 0.483 e. The fourth-order valence-electron chi connectivity index (χ4n) is 2.20. The number of nitrogens with zero attached hydrogens (tertiary/aromatic N) is 3. The van der Waals surface area contributed by atoms with E-state index in [1.165, 1.54) is 36.7 Å². The van der Waals surface area contributed by atoms with Crippen molar-refractivity contribution in [2.24, 2.45) is 5.10 Å². The number of rotatable bonds is 7. The third-order valence-corrected chi connectivity index (χ3v) is 3.44. The molecule has 0 atom stereocenters. The van der Waals surface area contributed by atoms with E-state index in [9.17, 15) is 14.9 Å². The van der Waals surface area contributed by atoms with Crippen LogP contribution in [0.4, 0.5) is 5.69 Å². The van der Waals surface area contributed by atoms with Crippen LogP contribution >= 0.6 is 0 Å². The molecule has 2 aromatic carbocycles. The SMILES string of the molecule is O=C(COc1ccc([N+](=O)[O-])cc1-c1ccno1)N/N=C/c1ccccc1. The molecular formula is C18H14N4O5. The van der Waals surface area contributed by atoms with Crippen molar-refractivity contribution >= 4 is 17.8 Å². The van der Waals surface area contributed by atoms with Crippen molar-refractivity contribution in [2.75, 3.05) is 6.61 Å². The normalized spacial score (nSPS) is 10.7. The van der Waals surface area contributed by atoms with E-state index in [0.717, 1.165) is 5.56 Å². The molecule has 3 rings (SSSR count). The minimum atomic E-state index is -0.533. The van der Waals surface area contributed by atoms with Gasteiger partial charge in [-0.2, -0.15) is 5.10 Å². The molecule has 0 unspecified atom stereocenters. The van der Waals surface area contributed by atoms with Gasteiger partial charge in [-0.1, -0.05) is 35.5 Å². The molecule has 27 heavy (non-hydrogen) atoms. The van der Waals surface area contributed by atoms with Gasteiger partial charge in [-0.05, 0) is 11.6 Å². The van der Waals surface area contributed by atoms with E-state index in [-0.39, 0.29) is 23.8 Å². The summed E-state index contributed by atoms with van der Waals surface area (Å²) in [5.74, 6) is 0.0554. The van der Waals surface area contributed by atoms with Gasteiger partial charge in [0.05, 0.1) is 22.9 Å². The van der Waals surface area contributed by atoms with Crippen LogP contribution in [0.2, 0.25) is 0 Å². The number of carbonyl (C=O) groups is 1. The first-order chi connectivity index (χ1) is 13.1. The monoisotopic (exact) mass is 366 g/mol. The van der Waals surface area contributed by atoms with Crippen molar-refractivity contribution in [3.8, 4) is 17.1 Å². The maximum Gasteiger partial charge on any atom is 0.277 e. The molecule has 0 bridgehead atoms. The zero-order chi connectivity index (χ0) is 19.1. The second kappa shape index (κ2) is 8.39. The number of nitro benzene ring substituents is 1. The summed E-state index contributed by atoms with van der Waals surface area (Å²) in [6, 6.07) is 14.8. The van der Waals surface area contributed by atoms with Gasteiger partial charge in [0.1, 0.15) is 5.75 Å². The van der Waals surface area contributed by atoms with Crippen molar-refractivity contribution in [1.82, 2.24) is 10.6 Å². The summed E-state index contributed by atoms with van der Waals surface area (Å²) in [4.78, 5) is 22.3. The topological polar surface area (TPSA) is 120 Å². The van der Waals surface area contributed by atoms with Crippen molar-refractivity contribution in [3.63, 3.8) is 0 Å². The molecule has 1 amide bonds. The van der Waals surface area contributed by atoms with Gasteiger partial charge in [0.15, 0.2) is 12.4 Å². The van der Waals surface area contributed by atoms with Gasteiger partial charge < -0.3 is 9.26 Å². The van der Waals surface area contributed by atoms with Gasteiger partial charge in [-0.3, -0.25) is 14.9 Å². The standard InChI is InChI=1S/C18H14N4O5/c23-18(21-19-11-13-4-2-1-3-5-13)12-26-16-7-6-14(22(24)25)10-15(16)17-8-9-20-27-17/h1-11H,12H2,(H,21,23)/b19-11+. The van der Waals surface area contributed by atoms with Crippen molar-refractivity contribution in [2.45, 2.75) is 0 Å². The highest BCUT2D eigenvalue weighted by atomic mass is 16.6. The van der Waals surface area contributed by atoms with Crippen LogP contribution in [0.25, 0.3) is 11.3 Å². The fourth-order valence-corrected chi connectivity index (χ4v) is 2.20. The number of benzene rings is 2. The maximum atomic E-state index is 11.9. The van der Waals surface area contributed by atoms with Crippen molar-refractivity contribution < 1.29 is 19.0 Å². The minimum Gasteiger partial charge on any atom is -0.483 e. The molecule has 0 saturated carbocycles. The van der Waals surface area contributed by atoms with Crippen LogP contribution in [-0.4, -0.2) is 28.8 Å². The first kappa shape index (κ1) is 17.8. The molecule has 0 aliphatic carbocycles. The van der Waals surface area contributed by atoms with Gasteiger partial charge in [0.2, 0.25) is 0 Å². The molecule has 1 heterocycles. The molecule has 0 fully saturated rings. The van der Waals surface area contributed by atoms with E-state index < -0.39 is 10.8 Å². The Balaban J connectivity index is 1.66. The number of nitrogens with one attached hydrogen (secondary N) is 1. The Kier molecular flexibility index (Phi) is 5.53. The number of amides is 1. The molecule has 1 N–H and O–H groups in total. The average Bonchev–Trinajstić information content (AvgIpc) is 3.21. The molecular weight excluding hydrogens is 352 g/mol. The number of hydrazone groups is 1. The van der Waals surface area contributed by atoms with Gasteiger partial charge >= 0.3 is 0 Å². The summed E-state index contributed by atoms with van der Waals surface area (Å²) in [5.41, 5.74) is 3.37. The third-order valence-electron chi connectivity index (χ3n) is 3.44. The number of aromatic nitrogens is 1. The van der Waals surface area contributed by atoms with Gasteiger partial charge in [-0.15, -0.1) is 0 Å². The van der Waals surface area contributed by atoms with Crippen molar-refractivity contribution in [1.29, 1.82) is 0 Å². The van der Waals surface area contributed by atoms with Crippen LogP contribution in [0.15, 0.2) is 70.4 Å². The molecule has 1 aromatic heterocycles. The summed E-state index contributed by atoms with van der Waals surface area (Å²) in [6.07, 6.45) is 2.91. The Bertz CT molecular complexity index is 955. The molecule has 0 aliphatic rings. The van der Waals surface area contributed by atoms with Gasteiger partial charge in [-0.25, -0.2) is 5.43 Å². The van der Waals surface area contributed by atoms with Gasteiger partial charge in [0.25, 0.3) is 11.6 Å². The van der Waals surface area contributed by atoms with E-state index in [2.05, 4.69) is 15.7 Å². The minimum absolute atomic E-state index is 0.134. The number of non-ortho nitro benzene ring substituents is 1. The Labute approximate surface area is 153 Å². The maximum absolute atomic E-state index is 11.9. The lowest BCUT2D eigenvalue weighted by molar-refractivity contribution is -0.384. The van der Waals surface area contributed by atoms with Crippen LogP contribution in [0.3, 0.4) is 0 Å².